The average Bonchev–Trinajstić information content (AvgIpc) is 2.80. The zero-order valence-electron chi connectivity index (χ0n) is 13.3. The lowest BCUT2D eigenvalue weighted by Crippen LogP contribution is -2.55. The molecule has 0 radical (unpaired) electrons. The second kappa shape index (κ2) is 7.25. The van der Waals surface area contributed by atoms with E-state index in [0.717, 1.165) is 38.0 Å². The van der Waals surface area contributed by atoms with Gasteiger partial charge in [-0.15, -0.1) is 0 Å². The molecule has 1 aromatic carbocycles. The van der Waals surface area contributed by atoms with Crippen LogP contribution in [-0.4, -0.2) is 47.4 Å². The number of piperazine rings is 1. The van der Waals surface area contributed by atoms with Gasteiger partial charge in [0.05, 0.1) is 0 Å². The van der Waals surface area contributed by atoms with Crippen molar-refractivity contribution >= 4 is 35.2 Å². The lowest BCUT2D eigenvalue weighted by molar-refractivity contribution is -0.136. The van der Waals surface area contributed by atoms with E-state index < -0.39 is 0 Å². The molecule has 2 atom stereocenters. The lowest BCUT2D eigenvalue weighted by atomic mass is 10.1. The van der Waals surface area contributed by atoms with E-state index in [-0.39, 0.29) is 0 Å². The molecule has 5 heteroatoms. The summed E-state index contributed by atoms with van der Waals surface area (Å²) < 4.78 is 0. The summed E-state index contributed by atoms with van der Waals surface area (Å²) in [7, 11) is 0. The standard InChI is InChI=1S/C18H22Cl2N2O/c1-2-18(23)22-13-8-9-14(22)12-21(11-13)10-4-5-15-16(19)6-3-7-17(15)20/h3-7,13-14H,2,8-12H2,1H3. The molecular weight excluding hydrogens is 331 g/mol. The number of fused-ring (bicyclic) bond motifs is 2. The maximum atomic E-state index is 12.1. The van der Waals surface area contributed by atoms with Crippen LogP contribution in [0.5, 0.6) is 0 Å². The number of halogens is 2. The third-order valence-electron chi connectivity index (χ3n) is 4.80. The molecule has 0 N–H and O–H groups in total. The summed E-state index contributed by atoms with van der Waals surface area (Å²) in [6.07, 6.45) is 6.98. The average molecular weight is 353 g/mol. The van der Waals surface area contributed by atoms with Gasteiger partial charge in [-0.05, 0) is 25.0 Å². The zero-order chi connectivity index (χ0) is 16.4. The topological polar surface area (TPSA) is 23.6 Å². The molecule has 0 aromatic heterocycles. The molecule has 124 valence electrons. The maximum absolute atomic E-state index is 12.1. The fourth-order valence-corrected chi connectivity index (χ4v) is 4.24. The van der Waals surface area contributed by atoms with Gasteiger partial charge in [-0.1, -0.05) is 48.3 Å². The Hall–Kier alpha value is -1.03. The second-order valence-corrected chi connectivity index (χ2v) is 7.11. The number of amides is 1. The van der Waals surface area contributed by atoms with E-state index in [1.54, 1.807) is 0 Å². The first-order chi connectivity index (χ1) is 11.1. The van der Waals surface area contributed by atoms with Gasteiger partial charge in [-0.2, -0.15) is 0 Å². The Labute approximate surface area is 147 Å². The third-order valence-corrected chi connectivity index (χ3v) is 5.46. The van der Waals surface area contributed by atoms with Gasteiger partial charge in [0.1, 0.15) is 0 Å². The predicted molar refractivity (Wildman–Crippen MR) is 95.9 cm³/mol. The van der Waals surface area contributed by atoms with E-state index in [2.05, 4.69) is 15.9 Å². The molecule has 2 heterocycles. The van der Waals surface area contributed by atoms with Crippen molar-refractivity contribution in [1.29, 1.82) is 0 Å². The maximum Gasteiger partial charge on any atom is 0.222 e. The summed E-state index contributed by atoms with van der Waals surface area (Å²) in [5.41, 5.74) is 0.874. The Morgan fingerprint density at radius 3 is 2.39 bits per heavy atom. The van der Waals surface area contributed by atoms with Crippen LogP contribution in [-0.2, 0) is 4.79 Å². The van der Waals surface area contributed by atoms with Crippen molar-refractivity contribution < 1.29 is 4.79 Å². The first kappa shape index (κ1) is 16.8. The van der Waals surface area contributed by atoms with Crippen LogP contribution in [0.2, 0.25) is 10.0 Å². The number of benzene rings is 1. The monoisotopic (exact) mass is 352 g/mol. The van der Waals surface area contributed by atoms with Crippen molar-refractivity contribution in [2.75, 3.05) is 19.6 Å². The SMILES string of the molecule is CCC(=O)N1C2CCC1CN(CC=Cc1c(Cl)cccc1Cl)C2. The molecule has 2 aliphatic rings. The van der Waals surface area contributed by atoms with Crippen molar-refractivity contribution in [1.82, 2.24) is 9.80 Å². The van der Waals surface area contributed by atoms with Gasteiger partial charge in [-0.25, -0.2) is 0 Å². The Kier molecular flexibility index (Phi) is 5.30. The van der Waals surface area contributed by atoms with E-state index in [4.69, 9.17) is 23.2 Å². The molecule has 3 nitrogen and oxygen atoms in total. The molecule has 0 spiro atoms. The van der Waals surface area contributed by atoms with Crippen molar-refractivity contribution in [2.24, 2.45) is 0 Å². The number of likely N-dealkylation sites (tertiary alicyclic amines) is 1. The molecule has 1 aromatic rings. The van der Waals surface area contributed by atoms with Crippen LogP contribution >= 0.6 is 23.2 Å². The summed E-state index contributed by atoms with van der Waals surface area (Å²) in [6.45, 7) is 4.73. The number of nitrogens with zero attached hydrogens (tertiary/aromatic N) is 2. The normalized spacial score (nSPS) is 24.6. The molecule has 0 saturated carbocycles. The molecule has 2 unspecified atom stereocenters. The molecule has 2 saturated heterocycles. The molecule has 3 rings (SSSR count). The van der Waals surface area contributed by atoms with Gasteiger partial charge in [0.25, 0.3) is 0 Å². The van der Waals surface area contributed by atoms with E-state index in [1.807, 2.05) is 31.2 Å². The first-order valence-corrected chi connectivity index (χ1v) is 8.99. The summed E-state index contributed by atoms with van der Waals surface area (Å²) in [4.78, 5) is 16.6. The molecule has 23 heavy (non-hydrogen) atoms. The summed E-state index contributed by atoms with van der Waals surface area (Å²) in [6, 6.07) is 6.33. The molecule has 2 bridgehead atoms. The third kappa shape index (κ3) is 3.57. The largest absolute Gasteiger partial charge is 0.334 e. The summed E-state index contributed by atoms with van der Waals surface area (Å²) in [5.74, 6) is 0.301. The van der Waals surface area contributed by atoms with Crippen LogP contribution in [0.4, 0.5) is 0 Å². The minimum atomic E-state index is 0.301. The Morgan fingerprint density at radius 2 is 1.83 bits per heavy atom. The van der Waals surface area contributed by atoms with Crippen molar-refractivity contribution in [3.05, 3.63) is 39.9 Å². The number of hydrogen-bond donors (Lipinski definition) is 0. The van der Waals surface area contributed by atoms with Crippen LogP contribution in [0.15, 0.2) is 24.3 Å². The summed E-state index contributed by atoms with van der Waals surface area (Å²) in [5, 5.41) is 1.35. The van der Waals surface area contributed by atoms with E-state index in [1.165, 1.54) is 0 Å². The van der Waals surface area contributed by atoms with Gasteiger partial charge >= 0.3 is 0 Å². The Balaban J connectivity index is 1.61. The highest BCUT2D eigenvalue weighted by molar-refractivity contribution is 6.37. The molecule has 0 aliphatic carbocycles. The van der Waals surface area contributed by atoms with Crippen LogP contribution in [0, 0.1) is 0 Å². The quantitative estimate of drug-likeness (QED) is 0.814. The van der Waals surface area contributed by atoms with Gasteiger partial charge in [0.2, 0.25) is 5.91 Å². The number of carbonyl (C=O) groups is 1. The van der Waals surface area contributed by atoms with Crippen LogP contribution in [0.3, 0.4) is 0 Å². The van der Waals surface area contributed by atoms with Gasteiger partial charge < -0.3 is 4.90 Å². The fourth-order valence-electron chi connectivity index (χ4n) is 3.72. The Bertz CT molecular complexity index is 583. The molecule has 2 aliphatic heterocycles. The van der Waals surface area contributed by atoms with Crippen molar-refractivity contribution in [3.63, 3.8) is 0 Å². The second-order valence-electron chi connectivity index (χ2n) is 6.30. The smallest absolute Gasteiger partial charge is 0.222 e. The van der Waals surface area contributed by atoms with Crippen LogP contribution in [0.1, 0.15) is 31.7 Å². The lowest BCUT2D eigenvalue weighted by Gasteiger charge is -2.40. The number of carbonyl (C=O) groups excluding carboxylic acids is 1. The molecule has 1 amide bonds. The predicted octanol–water partition coefficient (Wildman–Crippen LogP) is 4.09. The first-order valence-electron chi connectivity index (χ1n) is 8.24. The van der Waals surface area contributed by atoms with E-state index in [0.29, 0.717) is 34.5 Å². The highest BCUT2D eigenvalue weighted by Gasteiger charge is 2.41. The van der Waals surface area contributed by atoms with Crippen LogP contribution < -0.4 is 0 Å². The fraction of sp³-hybridized carbons (Fsp3) is 0.500. The summed E-state index contributed by atoms with van der Waals surface area (Å²) >= 11 is 12.4. The zero-order valence-corrected chi connectivity index (χ0v) is 14.9. The Morgan fingerprint density at radius 1 is 1.22 bits per heavy atom. The highest BCUT2D eigenvalue weighted by Crippen LogP contribution is 2.31. The van der Waals surface area contributed by atoms with E-state index >= 15 is 0 Å². The number of hydrogen-bond acceptors (Lipinski definition) is 2. The molecular formula is C18H22Cl2N2O. The van der Waals surface area contributed by atoms with Gasteiger partial charge in [0, 0.05) is 53.7 Å². The minimum absolute atomic E-state index is 0.301. The van der Waals surface area contributed by atoms with Crippen molar-refractivity contribution in [2.45, 2.75) is 38.3 Å². The van der Waals surface area contributed by atoms with E-state index in [9.17, 15) is 4.79 Å². The number of rotatable bonds is 4. The minimum Gasteiger partial charge on any atom is -0.334 e. The highest BCUT2D eigenvalue weighted by atomic mass is 35.5. The van der Waals surface area contributed by atoms with Crippen LogP contribution in [0.25, 0.3) is 6.08 Å². The van der Waals surface area contributed by atoms with Gasteiger partial charge in [0.15, 0.2) is 0 Å². The molecule has 2 fully saturated rings. The van der Waals surface area contributed by atoms with Gasteiger partial charge in [-0.3, -0.25) is 9.69 Å². The van der Waals surface area contributed by atoms with Crippen molar-refractivity contribution in [3.8, 4) is 0 Å².